The molecule has 29 heavy (non-hydrogen) atoms. The van der Waals surface area contributed by atoms with E-state index in [0.717, 1.165) is 25.0 Å². The number of rotatable bonds is 6. The standard InChI is InChI=1S/C22H24N4O3/c1-15-7-9-16(10-8-15)13-23-21(27)19-18-6-2-3-11-26(18)20(25-19)22(28)24-14-17-5-4-12-29-17/h2-3,6-11,17H,4-5,12-14H2,1H3,(H,23,27)(H,24,28). The highest BCUT2D eigenvalue weighted by molar-refractivity contribution is 6.02. The fourth-order valence-corrected chi connectivity index (χ4v) is 3.43. The van der Waals surface area contributed by atoms with Gasteiger partial charge in [0.25, 0.3) is 11.8 Å². The van der Waals surface area contributed by atoms with Gasteiger partial charge in [-0.3, -0.25) is 14.0 Å². The van der Waals surface area contributed by atoms with Gasteiger partial charge < -0.3 is 15.4 Å². The highest BCUT2D eigenvalue weighted by atomic mass is 16.5. The van der Waals surface area contributed by atoms with E-state index in [1.807, 2.05) is 37.3 Å². The van der Waals surface area contributed by atoms with E-state index < -0.39 is 0 Å². The molecule has 4 rings (SSSR count). The van der Waals surface area contributed by atoms with Crippen molar-refractivity contribution in [2.24, 2.45) is 0 Å². The minimum Gasteiger partial charge on any atom is -0.376 e. The predicted octanol–water partition coefficient (Wildman–Crippen LogP) is 2.48. The second-order valence-electron chi connectivity index (χ2n) is 7.25. The molecule has 3 aromatic rings. The normalized spacial score (nSPS) is 16.1. The number of benzene rings is 1. The molecular formula is C22H24N4O3. The van der Waals surface area contributed by atoms with Crippen LogP contribution >= 0.6 is 0 Å². The quantitative estimate of drug-likeness (QED) is 0.675. The Hall–Kier alpha value is -3.19. The number of nitrogens with zero attached hydrogens (tertiary/aromatic N) is 2. The summed E-state index contributed by atoms with van der Waals surface area (Å²) in [6, 6.07) is 13.4. The van der Waals surface area contributed by atoms with Gasteiger partial charge in [0.1, 0.15) is 0 Å². The van der Waals surface area contributed by atoms with Crippen molar-refractivity contribution in [2.45, 2.75) is 32.4 Å². The molecule has 2 amide bonds. The Morgan fingerprint density at radius 1 is 1.14 bits per heavy atom. The molecule has 2 N–H and O–H groups in total. The summed E-state index contributed by atoms with van der Waals surface area (Å²) in [7, 11) is 0. The summed E-state index contributed by atoms with van der Waals surface area (Å²) in [5, 5.41) is 5.76. The average Bonchev–Trinajstić information content (AvgIpc) is 3.39. The Bertz CT molecular complexity index is 1020. The van der Waals surface area contributed by atoms with Crippen LogP contribution in [-0.2, 0) is 11.3 Å². The Kier molecular flexibility index (Phi) is 5.57. The van der Waals surface area contributed by atoms with Crippen LogP contribution in [0.1, 0.15) is 45.1 Å². The monoisotopic (exact) mass is 392 g/mol. The van der Waals surface area contributed by atoms with Gasteiger partial charge in [0.05, 0.1) is 11.6 Å². The van der Waals surface area contributed by atoms with Gasteiger partial charge in [-0.2, -0.15) is 0 Å². The van der Waals surface area contributed by atoms with Crippen molar-refractivity contribution in [2.75, 3.05) is 13.2 Å². The molecule has 0 radical (unpaired) electrons. The van der Waals surface area contributed by atoms with Crippen LogP contribution in [-0.4, -0.2) is 40.5 Å². The third-order valence-corrected chi connectivity index (χ3v) is 5.05. The molecule has 2 aromatic heterocycles. The second-order valence-corrected chi connectivity index (χ2v) is 7.25. The SMILES string of the molecule is Cc1ccc(CNC(=O)c2nc(C(=O)NCC3CCCO3)n3ccccc23)cc1. The fraction of sp³-hybridized carbons (Fsp3) is 0.318. The van der Waals surface area contributed by atoms with Crippen LogP contribution in [0.5, 0.6) is 0 Å². The molecule has 1 saturated heterocycles. The zero-order valence-electron chi connectivity index (χ0n) is 16.4. The van der Waals surface area contributed by atoms with Crippen molar-refractivity contribution in [1.82, 2.24) is 20.0 Å². The van der Waals surface area contributed by atoms with E-state index in [0.29, 0.717) is 18.6 Å². The van der Waals surface area contributed by atoms with Crippen LogP contribution in [0.25, 0.3) is 5.52 Å². The van der Waals surface area contributed by atoms with Gasteiger partial charge in [-0.25, -0.2) is 4.98 Å². The van der Waals surface area contributed by atoms with Crippen molar-refractivity contribution >= 4 is 17.3 Å². The molecule has 3 heterocycles. The van der Waals surface area contributed by atoms with E-state index in [1.54, 1.807) is 22.7 Å². The first-order valence-electron chi connectivity index (χ1n) is 9.82. The molecule has 1 aliphatic heterocycles. The van der Waals surface area contributed by atoms with Crippen molar-refractivity contribution < 1.29 is 14.3 Å². The number of pyridine rings is 1. The average molecular weight is 392 g/mol. The number of fused-ring (bicyclic) bond motifs is 1. The lowest BCUT2D eigenvalue weighted by Gasteiger charge is -2.10. The molecule has 7 heteroatoms. The zero-order valence-corrected chi connectivity index (χ0v) is 16.4. The number of aromatic nitrogens is 2. The van der Waals surface area contributed by atoms with E-state index in [4.69, 9.17) is 4.74 Å². The summed E-state index contributed by atoms with van der Waals surface area (Å²) in [5.74, 6) is -0.439. The zero-order chi connectivity index (χ0) is 20.2. The maximum absolute atomic E-state index is 12.8. The van der Waals surface area contributed by atoms with Crippen molar-refractivity contribution in [3.63, 3.8) is 0 Å². The van der Waals surface area contributed by atoms with E-state index in [9.17, 15) is 9.59 Å². The van der Waals surface area contributed by atoms with E-state index in [1.165, 1.54) is 5.56 Å². The largest absolute Gasteiger partial charge is 0.376 e. The van der Waals surface area contributed by atoms with Crippen molar-refractivity contribution in [3.05, 3.63) is 71.3 Å². The first-order chi connectivity index (χ1) is 14.1. The summed E-state index contributed by atoms with van der Waals surface area (Å²) in [6.07, 6.45) is 3.73. The summed E-state index contributed by atoms with van der Waals surface area (Å²) >= 11 is 0. The molecule has 0 spiro atoms. The highest BCUT2D eigenvalue weighted by Gasteiger charge is 2.23. The van der Waals surface area contributed by atoms with Crippen molar-refractivity contribution in [1.29, 1.82) is 0 Å². The molecular weight excluding hydrogens is 368 g/mol. The summed E-state index contributed by atoms with van der Waals surface area (Å²) in [6.45, 7) is 3.59. The third-order valence-electron chi connectivity index (χ3n) is 5.05. The topological polar surface area (TPSA) is 84.7 Å². The Labute approximate surface area is 169 Å². The molecule has 0 saturated carbocycles. The smallest absolute Gasteiger partial charge is 0.287 e. The van der Waals surface area contributed by atoms with E-state index in [-0.39, 0.29) is 29.4 Å². The molecule has 7 nitrogen and oxygen atoms in total. The molecule has 1 unspecified atom stereocenters. The minimum atomic E-state index is -0.320. The maximum Gasteiger partial charge on any atom is 0.287 e. The van der Waals surface area contributed by atoms with Crippen LogP contribution in [0.2, 0.25) is 0 Å². The van der Waals surface area contributed by atoms with Crippen LogP contribution < -0.4 is 10.6 Å². The molecule has 1 atom stereocenters. The number of nitrogens with one attached hydrogen (secondary N) is 2. The molecule has 1 aromatic carbocycles. The van der Waals surface area contributed by atoms with Crippen LogP contribution in [0.3, 0.4) is 0 Å². The van der Waals surface area contributed by atoms with Gasteiger partial charge in [0.15, 0.2) is 5.69 Å². The fourth-order valence-electron chi connectivity index (χ4n) is 3.43. The number of ether oxygens (including phenoxy) is 1. The lowest BCUT2D eigenvalue weighted by Crippen LogP contribution is -2.33. The first-order valence-corrected chi connectivity index (χ1v) is 9.82. The third kappa shape index (κ3) is 4.30. The molecule has 1 fully saturated rings. The van der Waals surface area contributed by atoms with Gasteiger partial charge in [-0.15, -0.1) is 0 Å². The predicted molar refractivity (Wildman–Crippen MR) is 109 cm³/mol. The van der Waals surface area contributed by atoms with Crippen LogP contribution in [0.15, 0.2) is 48.7 Å². The molecule has 1 aliphatic rings. The Morgan fingerprint density at radius 3 is 2.72 bits per heavy atom. The molecule has 0 bridgehead atoms. The van der Waals surface area contributed by atoms with Gasteiger partial charge in [0.2, 0.25) is 5.82 Å². The minimum absolute atomic E-state index is 0.0439. The second kappa shape index (κ2) is 8.45. The first kappa shape index (κ1) is 19.1. The number of hydrogen-bond acceptors (Lipinski definition) is 4. The Balaban J connectivity index is 1.50. The van der Waals surface area contributed by atoms with Crippen molar-refractivity contribution in [3.8, 4) is 0 Å². The van der Waals surface area contributed by atoms with Gasteiger partial charge in [0, 0.05) is 25.9 Å². The summed E-state index contributed by atoms with van der Waals surface area (Å²) in [5.41, 5.74) is 3.00. The number of aryl methyl sites for hydroxylation is 1. The molecule has 150 valence electrons. The summed E-state index contributed by atoms with van der Waals surface area (Å²) < 4.78 is 7.19. The number of carbonyl (C=O) groups is 2. The van der Waals surface area contributed by atoms with Crippen LogP contribution in [0, 0.1) is 6.92 Å². The number of amides is 2. The number of imidazole rings is 1. The van der Waals surface area contributed by atoms with E-state index >= 15 is 0 Å². The Morgan fingerprint density at radius 2 is 1.97 bits per heavy atom. The molecule has 0 aliphatic carbocycles. The lowest BCUT2D eigenvalue weighted by molar-refractivity contribution is 0.0848. The number of carbonyl (C=O) groups excluding carboxylic acids is 2. The lowest BCUT2D eigenvalue weighted by atomic mass is 10.1. The van der Waals surface area contributed by atoms with E-state index in [2.05, 4.69) is 15.6 Å². The van der Waals surface area contributed by atoms with Crippen LogP contribution in [0.4, 0.5) is 0 Å². The van der Waals surface area contributed by atoms with Gasteiger partial charge in [-0.05, 0) is 37.5 Å². The van der Waals surface area contributed by atoms with Gasteiger partial charge in [-0.1, -0.05) is 35.9 Å². The maximum atomic E-state index is 12.8. The highest BCUT2D eigenvalue weighted by Crippen LogP contribution is 2.15. The number of hydrogen-bond donors (Lipinski definition) is 2. The van der Waals surface area contributed by atoms with Gasteiger partial charge >= 0.3 is 0 Å². The summed E-state index contributed by atoms with van der Waals surface area (Å²) in [4.78, 5) is 29.8.